The van der Waals surface area contributed by atoms with Crippen LogP contribution in [0.4, 0.5) is 0 Å². The van der Waals surface area contributed by atoms with Gasteiger partial charge in [0.1, 0.15) is 12.6 Å². The zero-order chi connectivity index (χ0) is 20.5. The van der Waals surface area contributed by atoms with Gasteiger partial charge in [0.15, 0.2) is 0 Å². The molecule has 0 rings (SSSR count). The van der Waals surface area contributed by atoms with Crippen molar-refractivity contribution in [2.75, 3.05) is 13.2 Å². The summed E-state index contributed by atoms with van der Waals surface area (Å²) < 4.78 is 44.8. The molecule has 0 heterocycles. The van der Waals surface area contributed by atoms with E-state index in [-0.39, 0.29) is 12.8 Å². The fourth-order valence-electron chi connectivity index (χ4n) is 1.32. The van der Waals surface area contributed by atoms with E-state index >= 15 is 0 Å². The van der Waals surface area contributed by atoms with Gasteiger partial charge in [-0.15, -0.1) is 0 Å². The van der Waals surface area contributed by atoms with Gasteiger partial charge in [-0.3, -0.25) is 9.59 Å². The van der Waals surface area contributed by atoms with Crippen molar-refractivity contribution in [3.05, 3.63) is 5.53 Å². The van der Waals surface area contributed by atoms with E-state index in [1.165, 1.54) is 0 Å². The molecule has 0 aromatic carbocycles. The van der Waals surface area contributed by atoms with E-state index in [1.54, 1.807) is 13.8 Å². The smallest absolute Gasteiger partial charge is 0.328 e. The van der Waals surface area contributed by atoms with Crippen LogP contribution in [0.1, 0.15) is 40.4 Å². The van der Waals surface area contributed by atoms with Crippen LogP contribution in [0.15, 0.2) is 0 Å². The van der Waals surface area contributed by atoms with Gasteiger partial charge in [0.05, 0.1) is 8.85 Å². The van der Waals surface area contributed by atoms with Crippen LogP contribution in [0.2, 0.25) is 0 Å². The van der Waals surface area contributed by atoms with E-state index in [1.807, 2.05) is 0 Å². The molecule has 0 saturated carbocycles. The number of Topliss-reactive ketones (excluding diaryl/α,β-unsaturated/α-hetero) is 1. The second-order valence-electron chi connectivity index (χ2n) is 4.25. The summed E-state index contributed by atoms with van der Waals surface area (Å²) in [5.74, 6) is -2.40. The van der Waals surface area contributed by atoms with Crippen LogP contribution in [0.3, 0.4) is 0 Å². The predicted molar refractivity (Wildman–Crippen MR) is 73.6 cm³/mol. The Hall–Kier alpha value is -2.05. The lowest BCUT2D eigenvalue weighted by atomic mass is 10.1. The molecule has 0 unspecified atom stereocenters. The van der Waals surface area contributed by atoms with Crippen molar-refractivity contribution in [1.82, 2.24) is 5.32 Å². The second kappa shape index (κ2) is 10.7. The van der Waals surface area contributed by atoms with Crippen LogP contribution < -0.4 is 5.32 Å². The van der Waals surface area contributed by atoms with E-state index in [4.69, 9.17) is 17.1 Å². The number of nitrogens with one attached hydrogen (secondary N) is 1. The zero-order valence-electron chi connectivity index (χ0n) is 16.8. The highest BCUT2D eigenvalue weighted by Crippen LogP contribution is 2.03. The van der Waals surface area contributed by atoms with Gasteiger partial charge in [0.25, 0.3) is 0 Å². The number of hydrogen-bond acceptors (Lipinski definition) is 5. The largest absolute Gasteiger partial charge is 0.461 e. The van der Waals surface area contributed by atoms with Gasteiger partial charge < -0.3 is 20.3 Å². The molecule has 1 amide bonds. The molecule has 0 radical (unpaired) electrons. The highest BCUT2D eigenvalue weighted by molar-refractivity contribution is 6.25. The molecule has 118 valence electrons. The van der Waals surface area contributed by atoms with Gasteiger partial charge in [0.2, 0.25) is 11.7 Å². The molecule has 0 aromatic heterocycles. The number of carbonyl (C=O) groups excluding carboxylic acids is 3. The SMILES string of the molecule is [2H]C([2H])([2H])C([2H])([2H])OCC(=O)N[C@@H](CCC(=O)C=[N+]=[N-])C(=O)OC(C)C. The summed E-state index contributed by atoms with van der Waals surface area (Å²) >= 11 is 0. The summed E-state index contributed by atoms with van der Waals surface area (Å²) in [6, 6.07) is -1.25. The number of nitrogens with zero attached hydrogens (tertiary/aromatic N) is 2. The lowest BCUT2D eigenvalue weighted by molar-refractivity contribution is -0.152. The molecular formula is C13H21N3O5. The van der Waals surface area contributed by atoms with Crippen LogP contribution in [-0.2, 0) is 23.9 Å². The first-order chi connectivity index (χ1) is 11.8. The number of rotatable bonds is 10. The number of amides is 1. The maximum absolute atomic E-state index is 12.0. The molecule has 8 nitrogen and oxygen atoms in total. The molecule has 0 aliphatic heterocycles. The van der Waals surface area contributed by atoms with Crippen LogP contribution in [0.25, 0.3) is 5.53 Å². The monoisotopic (exact) mass is 304 g/mol. The summed E-state index contributed by atoms with van der Waals surface area (Å²) in [7, 11) is 0. The molecule has 8 heteroatoms. The molecule has 0 fully saturated rings. The number of ether oxygens (including phenoxy) is 2. The minimum Gasteiger partial charge on any atom is -0.461 e. The average Bonchev–Trinajstić information content (AvgIpc) is 2.47. The quantitative estimate of drug-likeness (QED) is 0.266. The highest BCUT2D eigenvalue weighted by atomic mass is 16.5. The number of ketones is 1. The molecule has 0 bridgehead atoms. The summed E-state index contributed by atoms with van der Waals surface area (Å²) in [4.78, 5) is 37.7. The number of carbonyl (C=O) groups is 3. The van der Waals surface area contributed by atoms with Crippen molar-refractivity contribution in [2.24, 2.45) is 0 Å². The van der Waals surface area contributed by atoms with Crippen LogP contribution in [0, 0.1) is 0 Å². The van der Waals surface area contributed by atoms with Gasteiger partial charge in [0, 0.05) is 17.1 Å². The van der Waals surface area contributed by atoms with Gasteiger partial charge in [-0.25, -0.2) is 4.79 Å². The van der Waals surface area contributed by atoms with Gasteiger partial charge in [-0.1, -0.05) is 0 Å². The Morgan fingerprint density at radius 2 is 2.19 bits per heavy atom. The molecule has 0 aromatic rings. The molecule has 1 atom stereocenters. The maximum Gasteiger partial charge on any atom is 0.328 e. The van der Waals surface area contributed by atoms with E-state index in [9.17, 15) is 14.4 Å². The molecule has 0 spiro atoms. The second-order valence-corrected chi connectivity index (χ2v) is 4.25. The Balaban J connectivity index is 4.88. The zero-order valence-corrected chi connectivity index (χ0v) is 11.8. The first-order valence-electron chi connectivity index (χ1n) is 8.64. The van der Waals surface area contributed by atoms with E-state index in [0.29, 0.717) is 6.21 Å². The summed E-state index contributed by atoms with van der Waals surface area (Å²) in [6.07, 6.45) is -0.258. The third-order valence-electron chi connectivity index (χ3n) is 2.13. The topological polar surface area (TPSA) is 118 Å². The van der Waals surface area contributed by atoms with Crippen molar-refractivity contribution >= 4 is 23.9 Å². The first kappa shape index (κ1) is 11.6. The van der Waals surface area contributed by atoms with Crippen molar-refractivity contribution in [3.8, 4) is 0 Å². The molecule has 1 N–H and O–H groups in total. The standard InChI is InChI=1S/C13H21N3O5/c1-4-20-8-12(18)16-11(13(19)21-9(2)3)6-5-10(17)7-15-14/h7,9,11H,4-6,8H2,1-3H3,(H,16,18)/t11-/m0/s1/i1D3,4D2. The molecule has 0 saturated heterocycles. The summed E-state index contributed by atoms with van der Waals surface area (Å²) in [5, 5.41) is 2.20. The Morgan fingerprint density at radius 1 is 1.48 bits per heavy atom. The summed E-state index contributed by atoms with van der Waals surface area (Å²) in [6.45, 7) is -3.95. The number of hydrogen-bond donors (Lipinski definition) is 1. The maximum atomic E-state index is 12.0. The van der Waals surface area contributed by atoms with Gasteiger partial charge in [-0.05, 0) is 27.1 Å². The number of esters is 1. The van der Waals surface area contributed by atoms with Crippen molar-refractivity contribution < 1.29 is 35.5 Å². The lowest BCUT2D eigenvalue weighted by Crippen LogP contribution is -2.44. The molecule has 0 aliphatic carbocycles. The normalized spacial score (nSPS) is 16.2. The van der Waals surface area contributed by atoms with E-state index in [2.05, 4.69) is 14.8 Å². The Kier molecular flexibility index (Phi) is 5.91. The molecule has 0 aliphatic rings. The van der Waals surface area contributed by atoms with Crippen LogP contribution in [-0.4, -0.2) is 54.0 Å². The Labute approximate surface area is 130 Å². The van der Waals surface area contributed by atoms with E-state index in [0.717, 1.165) is 0 Å². The van der Waals surface area contributed by atoms with Crippen molar-refractivity contribution in [2.45, 2.75) is 45.7 Å². The minimum absolute atomic E-state index is 0.172. The fraction of sp³-hybridized carbons (Fsp3) is 0.692. The Morgan fingerprint density at radius 3 is 2.76 bits per heavy atom. The van der Waals surface area contributed by atoms with E-state index < -0.39 is 49.8 Å². The third-order valence-corrected chi connectivity index (χ3v) is 2.13. The third kappa shape index (κ3) is 9.48. The van der Waals surface area contributed by atoms with Crippen molar-refractivity contribution in [3.63, 3.8) is 0 Å². The molecular weight excluding hydrogens is 278 g/mol. The predicted octanol–water partition coefficient (Wildman–Crippen LogP) is 0.109. The highest BCUT2D eigenvalue weighted by Gasteiger charge is 2.24. The van der Waals surface area contributed by atoms with Gasteiger partial charge >= 0.3 is 12.2 Å². The van der Waals surface area contributed by atoms with Crippen LogP contribution >= 0.6 is 0 Å². The van der Waals surface area contributed by atoms with Gasteiger partial charge in [-0.2, -0.15) is 4.79 Å². The average molecular weight is 304 g/mol. The lowest BCUT2D eigenvalue weighted by Gasteiger charge is -2.18. The molecule has 21 heavy (non-hydrogen) atoms. The minimum atomic E-state index is -3.10. The first-order valence-corrected chi connectivity index (χ1v) is 6.14. The Bertz CT molecular complexity index is 573. The van der Waals surface area contributed by atoms with Crippen molar-refractivity contribution in [1.29, 1.82) is 0 Å². The summed E-state index contributed by atoms with van der Waals surface area (Å²) in [5.41, 5.74) is 8.28. The van der Waals surface area contributed by atoms with Crippen LogP contribution in [0.5, 0.6) is 0 Å². The fourth-order valence-corrected chi connectivity index (χ4v) is 1.32.